The number of hydrogen-bond acceptors (Lipinski definition) is 3. The Morgan fingerprint density at radius 2 is 1.94 bits per heavy atom. The van der Waals surface area contributed by atoms with Gasteiger partial charge in [-0.3, -0.25) is 0 Å². The fourth-order valence-electron chi connectivity index (χ4n) is 1.93. The maximum atomic E-state index is 10.8. The van der Waals surface area contributed by atoms with Crippen LogP contribution in [0.1, 0.15) is 0 Å². The minimum atomic E-state index is -0.879. The van der Waals surface area contributed by atoms with E-state index in [2.05, 4.69) is 15.9 Å². The molecule has 0 saturated carbocycles. The lowest BCUT2D eigenvalue weighted by molar-refractivity contribution is 0.142. The number of amides is 1. The van der Waals surface area contributed by atoms with Gasteiger partial charge in [0.25, 0.3) is 0 Å². The molecule has 98 valence electrons. The average molecular weight is 335 g/mol. The van der Waals surface area contributed by atoms with E-state index in [1.54, 1.807) is 6.07 Å². The predicted octanol–water partition coefficient (Wildman–Crippen LogP) is 2.48. The van der Waals surface area contributed by atoms with E-state index >= 15 is 0 Å². The second-order valence-corrected chi connectivity index (χ2v) is 5.34. The van der Waals surface area contributed by atoms with Crippen molar-refractivity contribution in [2.75, 3.05) is 36.8 Å². The Labute approximate surface area is 118 Å². The number of carboxylic acid groups (broad SMARTS) is 1. The molecule has 1 saturated heterocycles. The molecule has 0 bridgehead atoms. The quantitative estimate of drug-likeness (QED) is 0.774. The van der Waals surface area contributed by atoms with Crippen molar-refractivity contribution in [2.45, 2.75) is 0 Å². The van der Waals surface area contributed by atoms with Crippen LogP contribution in [0.4, 0.5) is 16.2 Å². The Hall–Kier alpha value is -1.14. The first-order valence-corrected chi connectivity index (χ1v) is 6.63. The molecule has 5 nitrogen and oxygen atoms in total. The van der Waals surface area contributed by atoms with Crippen LogP contribution in [0.3, 0.4) is 0 Å². The highest BCUT2D eigenvalue weighted by Crippen LogP contribution is 2.33. The van der Waals surface area contributed by atoms with Crippen LogP contribution >= 0.6 is 27.5 Å². The predicted molar refractivity (Wildman–Crippen MR) is 75.4 cm³/mol. The lowest BCUT2D eigenvalue weighted by Gasteiger charge is -2.35. The number of carbonyl (C=O) groups is 1. The standard InChI is InChI=1S/C11H13BrClN3O2/c12-7-5-8(13)10(6-9(7)14)15-1-3-16(4-2-15)11(17)18/h5-6H,1-4,14H2,(H,17,18). The molecule has 1 aromatic carbocycles. The van der Waals surface area contributed by atoms with Crippen molar-refractivity contribution in [1.29, 1.82) is 0 Å². The summed E-state index contributed by atoms with van der Waals surface area (Å²) in [5.74, 6) is 0. The van der Waals surface area contributed by atoms with Gasteiger partial charge in [-0.2, -0.15) is 0 Å². The third kappa shape index (κ3) is 2.64. The van der Waals surface area contributed by atoms with Gasteiger partial charge in [0, 0.05) is 36.3 Å². The van der Waals surface area contributed by atoms with Crippen LogP contribution in [-0.2, 0) is 0 Å². The smallest absolute Gasteiger partial charge is 0.407 e. The van der Waals surface area contributed by atoms with Crippen molar-refractivity contribution < 1.29 is 9.90 Å². The fourth-order valence-corrected chi connectivity index (χ4v) is 2.69. The molecular weight excluding hydrogens is 321 g/mol. The Morgan fingerprint density at radius 3 is 2.50 bits per heavy atom. The van der Waals surface area contributed by atoms with Crippen molar-refractivity contribution in [2.24, 2.45) is 0 Å². The van der Waals surface area contributed by atoms with Crippen LogP contribution in [-0.4, -0.2) is 42.3 Å². The highest BCUT2D eigenvalue weighted by molar-refractivity contribution is 9.10. The van der Waals surface area contributed by atoms with E-state index in [4.69, 9.17) is 22.4 Å². The minimum Gasteiger partial charge on any atom is -0.465 e. The molecule has 0 atom stereocenters. The Morgan fingerprint density at radius 1 is 1.33 bits per heavy atom. The molecule has 18 heavy (non-hydrogen) atoms. The fraction of sp³-hybridized carbons (Fsp3) is 0.364. The van der Waals surface area contributed by atoms with Gasteiger partial charge < -0.3 is 20.6 Å². The number of nitrogens with zero attached hydrogens (tertiary/aromatic N) is 2. The highest BCUT2D eigenvalue weighted by Gasteiger charge is 2.22. The number of nitrogens with two attached hydrogens (primary N) is 1. The minimum absolute atomic E-state index is 0.474. The summed E-state index contributed by atoms with van der Waals surface area (Å²) in [6, 6.07) is 3.57. The van der Waals surface area contributed by atoms with E-state index in [0.29, 0.717) is 36.9 Å². The summed E-state index contributed by atoms with van der Waals surface area (Å²) in [6.45, 7) is 2.18. The first kappa shape index (κ1) is 13.3. The van der Waals surface area contributed by atoms with Gasteiger partial charge in [0.2, 0.25) is 0 Å². The van der Waals surface area contributed by atoms with Crippen molar-refractivity contribution in [3.63, 3.8) is 0 Å². The van der Waals surface area contributed by atoms with Gasteiger partial charge in [0.05, 0.1) is 10.7 Å². The number of nitrogen functional groups attached to an aromatic ring is 1. The number of rotatable bonds is 1. The molecule has 1 aliphatic heterocycles. The first-order valence-electron chi connectivity index (χ1n) is 5.46. The first-order chi connectivity index (χ1) is 8.49. The number of halogens is 2. The van der Waals surface area contributed by atoms with Crippen LogP contribution in [0.2, 0.25) is 5.02 Å². The summed E-state index contributed by atoms with van der Waals surface area (Å²) in [6.07, 6.45) is -0.879. The lowest BCUT2D eigenvalue weighted by atomic mass is 10.2. The molecule has 7 heteroatoms. The third-order valence-electron chi connectivity index (χ3n) is 2.96. The summed E-state index contributed by atoms with van der Waals surface area (Å²) >= 11 is 9.50. The second-order valence-electron chi connectivity index (χ2n) is 4.08. The van der Waals surface area contributed by atoms with Crippen molar-refractivity contribution >= 4 is 45.0 Å². The number of anilines is 2. The zero-order valence-electron chi connectivity index (χ0n) is 9.57. The van der Waals surface area contributed by atoms with Crippen LogP contribution in [0.15, 0.2) is 16.6 Å². The number of hydrogen-bond donors (Lipinski definition) is 2. The van der Waals surface area contributed by atoms with Crippen molar-refractivity contribution in [3.05, 3.63) is 21.6 Å². The molecule has 0 aromatic heterocycles. The molecule has 0 spiro atoms. The van der Waals surface area contributed by atoms with Gasteiger partial charge in [-0.15, -0.1) is 0 Å². The molecule has 1 amide bonds. The van der Waals surface area contributed by atoms with E-state index in [1.807, 2.05) is 11.0 Å². The van der Waals surface area contributed by atoms with Crippen molar-refractivity contribution in [1.82, 2.24) is 4.90 Å². The third-order valence-corrected chi connectivity index (χ3v) is 3.95. The van der Waals surface area contributed by atoms with Gasteiger partial charge >= 0.3 is 6.09 Å². The monoisotopic (exact) mass is 333 g/mol. The van der Waals surface area contributed by atoms with Crippen LogP contribution in [0.5, 0.6) is 0 Å². The maximum Gasteiger partial charge on any atom is 0.407 e. The normalized spacial score (nSPS) is 15.9. The van der Waals surface area contributed by atoms with Gasteiger partial charge in [0.15, 0.2) is 0 Å². The van der Waals surface area contributed by atoms with E-state index < -0.39 is 6.09 Å². The molecule has 3 N–H and O–H groups in total. The van der Waals surface area contributed by atoms with E-state index in [1.165, 1.54) is 4.90 Å². The Balaban J connectivity index is 2.15. The largest absolute Gasteiger partial charge is 0.465 e. The van der Waals surface area contributed by atoms with Crippen LogP contribution in [0, 0.1) is 0 Å². The summed E-state index contributed by atoms with van der Waals surface area (Å²) in [5.41, 5.74) is 7.30. The SMILES string of the molecule is Nc1cc(N2CCN(C(=O)O)CC2)c(Cl)cc1Br. The van der Waals surface area contributed by atoms with Gasteiger partial charge in [-0.25, -0.2) is 4.79 Å². The average Bonchev–Trinajstić information content (AvgIpc) is 2.34. The molecule has 0 radical (unpaired) electrons. The van der Waals surface area contributed by atoms with Gasteiger partial charge in [0.1, 0.15) is 0 Å². The van der Waals surface area contributed by atoms with E-state index in [0.717, 1.165) is 10.2 Å². The molecule has 1 heterocycles. The van der Waals surface area contributed by atoms with Gasteiger partial charge in [-0.05, 0) is 28.1 Å². The number of benzene rings is 1. The molecule has 0 unspecified atom stereocenters. The van der Waals surface area contributed by atoms with Crippen LogP contribution in [0.25, 0.3) is 0 Å². The topological polar surface area (TPSA) is 69.8 Å². The lowest BCUT2D eigenvalue weighted by Crippen LogP contribution is -2.48. The maximum absolute atomic E-state index is 10.8. The summed E-state index contributed by atoms with van der Waals surface area (Å²) in [5, 5.41) is 9.50. The molecular formula is C11H13BrClN3O2. The van der Waals surface area contributed by atoms with E-state index in [9.17, 15) is 4.79 Å². The van der Waals surface area contributed by atoms with Gasteiger partial charge in [-0.1, -0.05) is 11.6 Å². The molecule has 1 aromatic rings. The van der Waals surface area contributed by atoms with Crippen molar-refractivity contribution in [3.8, 4) is 0 Å². The molecule has 1 fully saturated rings. The van der Waals surface area contributed by atoms with Crippen LogP contribution < -0.4 is 10.6 Å². The summed E-state index contributed by atoms with van der Waals surface area (Å²) in [7, 11) is 0. The number of piperazine rings is 1. The Kier molecular flexibility index (Phi) is 3.87. The molecule has 1 aliphatic rings. The summed E-state index contributed by atoms with van der Waals surface area (Å²) < 4.78 is 0.764. The zero-order valence-corrected chi connectivity index (χ0v) is 11.9. The molecule has 0 aliphatic carbocycles. The second kappa shape index (κ2) is 5.24. The van der Waals surface area contributed by atoms with E-state index in [-0.39, 0.29) is 0 Å². The zero-order chi connectivity index (χ0) is 13.3. The summed E-state index contributed by atoms with van der Waals surface area (Å²) in [4.78, 5) is 14.3. The molecule has 2 rings (SSSR count). The Bertz CT molecular complexity index is 476. The highest BCUT2D eigenvalue weighted by atomic mass is 79.9.